The quantitative estimate of drug-likeness (QED) is 0.856. The van der Waals surface area contributed by atoms with Crippen LogP contribution >= 0.6 is 35.0 Å². The summed E-state index contributed by atoms with van der Waals surface area (Å²) in [5.74, 6) is 0. The lowest BCUT2D eigenvalue weighted by molar-refractivity contribution is 0.644. The lowest BCUT2D eigenvalue weighted by atomic mass is 10.1. The molecule has 2 aromatic rings. The molecule has 0 amide bonds. The highest BCUT2D eigenvalue weighted by molar-refractivity contribution is 7.99. The van der Waals surface area contributed by atoms with Crippen molar-refractivity contribution >= 4 is 35.0 Å². The highest BCUT2D eigenvalue weighted by Crippen LogP contribution is 2.31. The van der Waals surface area contributed by atoms with Crippen molar-refractivity contribution in [3.05, 3.63) is 52.1 Å². The van der Waals surface area contributed by atoms with E-state index in [0.717, 1.165) is 28.3 Å². The summed E-state index contributed by atoms with van der Waals surface area (Å²) in [5.41, 5.74) is 7.10. The van der Waals surface area contributed by atoms with Crippen molar-refractivity contribution in [1.29, 1.82) is 0 Å². The first-order valence-corrected chi connectivity index (χ1v) is 7.99. The molecular formula is C15H16Cl2N2S. The minimum atomic E-state index is 0.199. The summed E-state index contributed by atoms with van der Waals surface area (Å²) in [6, 6.07) is 9.84. The van der Waals surface area contributed by atoms with Crippen molar-refractivity contribution in [3.63, 3.8) is 0 Å². The van der Waals surface area contributed by atoms with Gasteiger partial charge in [-0.25, -0.2) is 4.98 Å². The summed E-state index contributed by atoms with van der Waals surface area (Å²) in [6.07, 6.45) is 3.72. The normalized spacial score (nSPS) is 12.4. The monoisotopic (exact) mass is 326 g/mol. The molecule has 2 nitrogen and oxygen atoms in total. The number of halogens is 2. The van der Waals surface area contributed by atoms with Crippen LogP contribution in [0.2, 0.25) is 10.0 Å². The third kappa shape index (κ3) is 4.38. The maximum Gasteiger partial charge on any atom is 0.101 e. The lowest BCUT2D eigenvalue weighted by Crippen LogP contribution is -2.21. The van der Waals surface area contributed by atoms with Crippen molar-refractivity contribution in [2.75, 3.05) is 0 Å². The van der Waals surface area contributed by atoms with Crippen molar-refractivity contribution in [1.82, 2.24) is 4.98 Å². The van der Waals surface area contributed by atoms with Crippen LogP contribution in [0.1, 0.15) is 18.9 Å². The van der Waals surface area contributed by atoms with E-state index >= 15 is 0 Å². The number of nitrogens with zero attached hydrogens (tertiary/aromatic N) is 1. The molecule has 1 atom stereocenters. The highest BCUT2D eigenvalue weighted by Gasteiger charge is 2.05. The zero-order valence-corrected chi connectivity index (χ0v) is 13.5. The van der Waals surface area contributed by atoms with Gasteiger partial charge in [0, 0.05) is 17.1 Å². The molecule has 1 heterocycles. The molecule has 0 saturated heterocycles. The van der Waals surface area contributed by atoms with Gasteiger partial charge in [-0.05, 0) is 42.7 Å². The molecule has 20 heavy (non-hydrogen) atoms. The molecule has 106 valence electrons. The van der Waals surface area contributed by atoms with Crippen LogP contribution in [0.5, 0.6) is 0 Å². The molecule has 0 fully saturated rings. The molecule has 0 aliphatic heterocycles. The van der Waals surface area contributed by atoms with Gasteiger partial charge in [0.1, 0.15) is 5.03 Å². The van der Waals surface area contributed by atoms with Crippen LogP contribution in [0, 0.1) is 0 Å². The van der Waals surface area contributed by atoms with Crippen LogP contribution in [0.25, 0.3) is 0 Å². The molecule has 2 N–H and O–H groups in total. The van der Waals surface area contributed by atoms with Crippen molar-refractivity contribution in [2.24, 2.45) is 5.73 Å². The van der Waals surface area contributed by atoms with Gasteiger partial charge in [0.05, 0.1) is 10.0 Å². The molecule has 1 unspecified atom stereocenters. The SMILES string of the molecule is CCC(N)Cc1ccc(Sc2ccc(Cl)c(Cl)c2)nc1. The number of hydrogen-bond acceptors (Lipinski definition) is 3. The fraction of sp³-hybridized carbons (Fsp3) is 0.267. The van der Waals surface area contributed by atoms with Crippen LogP contribution in [0.4, 0.5) is 0 Å². The van der Waals surface area contributed by atoms with Crippen LogP contribution in [0.15, 0.2) is 46.5 Å². The summed E-state index contributed by atoms with van der Waals surface area (Å²) in [5, 5.41) is 2.05. The van der Waals surface area contributed by atoms with E-state index in [1.807, 2.05) is 24.4 Å². The van der Waals surface area contributed by atoms with Crippen molar-refractivity contribution in [2.45, 2.75) is 35.7 Å². The Balaban J connectivity index is 2.04. The standard InChI is InChI=1S/C15H16Cl2N2S/c1-2-11(18)7-10-3-6-15(19-9-10)20-12-4-5-13(16)14(17)8-12/h3-6,8-9,11H,2,7,18H2,1H3. The molecule has 1 aromatic carbocycles. The summed E-state index contributed by atoms with van der Waals surface area (Å²) in [7, 11) is 0. The number of benzene rings is 1. The van der Waals surface area contributed by atoms with Gasteiger partial charge in [-0.2, -0.15) is 0 Å². The largest absolute Gasteiger partial charge is 0.327 e. The van der Waals surface area contributed by atoms with E-state index < -0.39 is 0 Å². The third-order valence-corrected chi connectivity index (χ3v) is 4.61. The van der Waals surface area contributed by atoms with E-state index in [-0.39, 0.29) is 6.04 Å². The molecule has 0 aliphatic carbocycles. The second kappa shape index (κ2) is 7.32. The van der Waals surface area contributed by atoms with Crippen LogP contribution in [-0.4, -0.2) is 11.0 Å². The third-order valence-electron chi connectivity index (χ3n) is 2.93. The molecule has 0 bridgehead atoms. The maximum atomic E-state index is 6.00. The Hall–Kier alpha value is -0.740. The number of nitrogens with two attached hydrogens (primary N) is 1. The Morgan fingerprint density at radius 1 is 1.20 bits per heavy atom. The first-order valence-electron chi connectivity index (χ1n) is 6.42. The van der Waals surface area contributed by atoms with Crippen molar-refractivity contribution in [3.8, 4) is 0 Å². The lowest BCUT2D eigenvalue weighted by Gasteiger charge is -2.08. The van der Waals surface area contributed by atoms with E-state index in [2.05, 4.69) is 18.0 Å². The summed E-state index contributed by atoms with van der Waals surface area (Å²) >= 11 is 13.5. The number of pyridine rings is 1. The van der Waals surface area contributed by atoms with Crippen LogP contribution < -0.4 is 5.73 Å². The first kappa shape index (κ1) is 15.6. The first-order chi connectivity index (χ1) is 9.58. The number of rotatable bonds is 5. The predicted molar refractivity (Wildman–Crippen MR) is 86.8 cm³/mol. The Bertz CT molecular complexity index is 573. The molecule has 0 spiro atoms. The average molecular weight is 327 g/mol. The minimum Gasteiger partial charge on any atom is -0.327 e. The maximum absolute atomic E-state index is 6.00. The Kier molecular flexibility index (Phi) is 5.73. The Labute approximate surface area is 133 Å². The number of aromatic nitrogens is 1. The van der Waals surface area contributed by atoms with Crippen LogP contribution in [0.3, 0.4) is 0 Å². The highest BCUT2D eigenvalue weighted by atomic mass is 35.5. The Morgan fingerprint density at radius 3 is 2.60 bits per heavy atom. The molecule has 0 aliphatic rings. The van der Waals surface area contributed by atoms with Gasteiger partial charge in [0.25, 0.3) is 0 Å². The van der Waals surface area contributed by atoms with E-state index in [9.17, 15) is 0 Å². The van der Waals surface area contributed by atoms with Gasteiger partial charge >= 0.3 is 0 Å². The fourth-order valence-electron chi connectivity index (χ4n) is 1.70. The fourth-order valence-corrected chi connectivity index (χ4v) is 2.86. The van der Waals surface area contributed by atoms with Crippen molar-refractivity contribution < 1.29 is 0 Å². The van der Waals surface area contributed by atoms with E-state index in [0.29, 0.717) is 10.0 Å². The molecular weight excluding hydrogens is 311 g/mol. The van der Waals surface area contributed by atoms with E-state index in [4.69, 9.17) is 28.9 Å². The van der Waals surface area contributed by atoms with Crippen LogP contribution in [-0.2, 0) is 6.42 Å². The molecule has 0 radical (unpaired) electrons. The van der Waals surface area contributed by atoms with Gasteiger partial charge in [-0.1, -0.05) is 48.0 Å². The van der Waals surface area contributed by atoms with Gasteiger partial charge in [-0.3, -0.25) is 0 Å². The van der Waals surface area contributed by atoms with Gasteiger partial charge in [0.15, 0.2) is 0 Å². The number of hydrogen-bond donors (Lipinski definition) is 1. The van der Waals surface area contributed by atoms with Gasteiger partial charge in [0.2, 0.25) is 0 Å². The molecule has 2 rings (SSSR count). The molecule has 5 heteroatoms. The molecule has 1 aromatic heterocycles. The average Bonchev–Trinajstić information content (AvgIpc) is 2.45. The topological polar surface area (TPSA) is 38.9 Å². The minimum absolute atomic E-state index is 0.199. The van der Waals surface area contributed by atoms with Gasteiger partial charge in [-0.15, -0.1) is 0 Å². The second-order valence-electron chi connectivity index (χ2n) is 4.56. The summed E-state index contributed by atoms with van der Waals surface area (Å²) in [4.78, 5) is 5.46. The summed E-state index contributed by atoms with van der Waals surface area (Å²) in [6.45, 7) is 2.09. The Morgan fingerprint density at radius 2 is 2.00 bits per heavy atom. The second-order valence-corrected chi connectivity index (χ2v) is 6.46. The summed E-state index contributed by atoms with van der Waals surface area (Å²) < 4.78 is 0. The zero-order valence-electron chi connectivity index (χ0n) is 11.1. The van der Waals surface area contributed by atoms with Gasteiger partial charge < -0.3 is 5.73 Å². The van der Waals surface area contributed by atoms with E-state index in [1.165, 1.54) is 0 Å². The van der Waals surface area contributed by atoms with E-state index in [1.54, 1.807) is 17.8 Å². The molecule has 0 saturated carbocycles. The predicted octanol–water partition coefficient (Wildman–Crippen LogP) is 4.82. The smallest absolute Gasteiger partial charge is 0.101 e. The zero-order chi connectivity index (χ0) is 14.5.